The molecular weight excluding hydrogens is 378 g/mol. The third-order valence-corrected chi connectivity index (χ3v) is 5.73. The lowest BCUT2D eigenvalue weighted by Crippen LogP contribution is -2.32. The van der Waals surface area contributed by atoms with Gasteiger partial charge in [-0.3, -0.25) is 4.79 Å². The van der Waals surface area contributed by atoms with Gasteiger partial charge in [-0.05, 0) is 67.3 Å². The standard InChI is InChI=1S/C25H27NO2S/c1-4-23(28-24-16-18(2)10-11-19(24)3)25(27)26-21-14-12-20(13-15-21)17-29-22-8-6-5-7-9-22/h5-16,23H,4,17H2,1-3H3,(H,26,27)/t23-/m0/s1. The molecule has 1 N–H and O–H groups in total. The second-order valence-corrected chi connectivity index (χ2v) is 8.12. The molecule has 3 aromatic rings. The lowest BCUT2D eigenvalue weighted by atomic mass is 10.1. The van der Waals surface area contributed by atoms with Crippen LogP contribution in [0.15, 0.2) is 77.7 Å². The zero-order chi connectivity index (χ0) is 20.6. The Morgan fingerprint density at radius 1 is 1.00 bits per heavy atom. The lowest BCUT2D eigenvalue weighted by molar-refractivity contribution is -0.122. The Morgan fingerprint density at radius 3 is 2.41 bits per heavy atom. The minimum atomic E-state index is -0.524. The Bertz CT molecular complexity index is 939. The van der Waals surface area contributed by atoms with Crippen molar-refractivity contribution in [2.45, 2.75) is 43.9 Å². The van der Waals surface area contributed by atoms with E-state index in [9.17, 15) is 4.79 Å². The van der Waals surface area contributed by atoms with E-state index in [2.05, 4.69) is 29.6 Å². The summed E-state index contributed by atoms with van der Waals surface area (Å²) in [6.45, 7) is 5.97. The molecule has 29 heavy (non-hydrogen) atoms. The molecule has 0 aliphatic heterocycles. The van der Waals surface area contributed by atoms with E-state index in [0.29, 0.717) is 6.42 Å². The first kappa shape index (κ1) is 21.0. The van der Waals surface area contributed by atoms with Gasteiger partial charge in [0.15, 0.2) is 6.10 Å². The number of nitrogens with one attached hydrogen (secondary N) is 1. The Hall–Kier alpha value is -2.72. The Labute approximate surface area is 177 Å². The van der Waals surface area contributed by atoms with Crippen molar-refractivity contribution >= 4 is 23.4 Å². The molecule has 0 bridgehead atoms. The third kappa shape index (κ3) is 6.13. The van der Waals surface area contributed by atoms with E-state index in [1.165, 1.54) is 10.5 Å². The van der Waals surface area contributed by atoms with E-state index in [0.717, 1.165) is 28.3 Å². The fourth-order valence-corrected chi connectivity index (χ4v) is 3.78. The van der Waals surface area contributed by atoms with Gasteiger partial charge in [-0.15, -0.1) is 11.8 Å². The predicted octanol–water partition coefficient (Wildman–Crippen LogP) is 6.39. The number of thioether (sulfide) groups is 1. The van der Waals surface area contributed by atoms with Crippen LogP contribution in [0.1, 0.15) is 30.0 Å². The molecule has 4 heteroatoms. The highest BCUT2D eigenvalue weighted by Gasteiger charge is 2.19. The number of ether oxygens (including phenoxy) is 1. The van der Waals surface area contributed by atoms with Crippen LogP contribution >= 0.6 is 11.8 Å². The first-order valence-corrected chi connectivity index (χ1v) is 10.9. The number of hydrogen-bond donors (Lipinski definition) is 1. The van der Waals surface area contributed by atoms with Crippen LogP contribution in [0.25, 0.3) is 0 Å². The predicted molar refractivity (Wildman–Crippen MR) is 122 cm³/mol. The normalized spacial score (nSPS) is 11.7. The van der Waals surface area contributed by atoms with Crippen molar-refractivity contribution in [1.29, 1.82) is 0 Å². The van der Waals surface area contributed by atoms with E-state index in [4.69, 9.17) is 4.74 Å². The van der Waals surface area contributed by atoms with Crippen molar-refractivity contribution in [3.63, 3.8) is 0 Å². The summed E-state index contributed by atoms with van der Waals surface area (Å²) >= 11 is 1.80. The van der Waals surface area contributed by atoms with Gasteiger partial charge in [0.2, 0.25) is 0 Å². The largest absolute Gasteiger partial charge is 0.480 e. The van der Waals surface area contributed by atoms with Crippen LogP contribution in [0, 0.1) is 13.8 Å². The number of carbonyl (C=O) groups excluding carboxylic acids is 1. The van der Waals surface area contributed by atoms with Crippen molar-refractivity contribution in [1.82, 2.24) is 0 Å². The summed E-state index contributed by atoms with van der Waals surface area (Å²) in [5.74, 6) is 1.53. The number of amides is 1. The summed E-state index contributed by atoms with van der Waals surface area (Å²) in [5, 5.41) is 2.98. The number of hydrogen-bond acceptors (Lipinski definition) is 3. The van der Waals surface area contributed by atoms with E-state index < -0.39 is 6.10 Å². The zero-order valence-electron chi connectivity index (χ0n) is 17.1. The number of rotatable bonds is 8. The molecule has 0 aliphatic rings. The first-order valence-electron chi connectivity index (χ1n) is 9.86. The smallest absolute Gasteiger partial charge is 0.265 e. The Kier molecular flexibility index (Phi) is 7.36. The molecule has 0 radical (unpaired) electrons. The van der Waals surface area contributed by atoms with Crippen LogP contribution in [0.5, 0.6) is 5.75 Å². The topological polar surface area (TPSA) is 38.3 Å². The van der Waals surface area contributed by atoms with Crippen LogP contribution in [0.3, 0.4) is 0 Å². The average Bonchev–Trinajstić information content (AvgIpc) is 2.74. The molecule has 0 saturated heterocycles. The maximum absolute atomic E-state index is 12.7. The second-order valence-electron chi connectivity index (χ2n) is 7.07. The van der Waals surface area contributed by atoms with E-state index >= 15 is 0 Å². The molecule has 0 spiro atoms. The molecular formula is C25H27NO2S. The molecule has 0 aliphatic carbocycles. The van der Waals surface area contributed by atoms with Crippen molar-refractivity contribution in [2.75, 3.05) is 5.32 Å². The maximum Gasteiger partial charge on any atom is 0.265 e. The van der Waals surface area contributed by atoms with Gasteiger partial charge < -0.3 is 10.1 Å². The van der Waals surface area contributed by atoms with Gasteiger partial charge in [0.1, 0.15) is 5.75 Å². The Balaban J connectivity index is 1.58. The highest BCUT2D eigenvalue weighted by Crippen LogP contribution is 2.24. The highest BCUT2D eigenvalue weighted by atomic mass is 32.2. The second kappa shape index (κ2) is 10.2. The average molecular weight is 406 g/mol. The Morgan fingerprint density at radius 2 is 1.72 bits per heavy atom. The van der Waals surface area contributed by atoms with Crippen molar-refractivity contribution in [2.24, 2.45) is 0 Å². The molecule has 0 saturated carbocycles. The van der Waals surface area contributed by atoms with Crippen LogP contribution < -0.4 is 10.1 Å². The van der Waals surface area contributed by atoms with Gasteiger partial charge in [0.05, 0.1) is 0 Å². The number of anilines is 1. The van der Waals surface area contributed by atoms with Gasteiger partial charge >= 0.3 is 0 Å². The summed E-state index contributed by atoms with van der Waals surface area (Å²) < 4.78 is 6.01. The van der Waals surface area contributed by atoms with E-state index in [-0.39, 0.29) is 5.91 Å². The molecule has 0 unspecified atom stereocenters. The van der Waals surface area contributed by atoms with E-state index in [1.54, 1.807) is 11.8 Å². The van der Waals surface area contributed by atoms with Crippen LogP contribution in [-0.2, 0) is 10.5 Å². The molecule has 0 aromatic heterocycles. The SMILES string of the molecule is CC[C@H](Oc1cc(C)ccc1C)C(=O)Nc1ccc(CSc2ccccc2)cc1. The molecule has 3 rings (SSSR count). The quantitative estimate of drug-likeness (QED) is 0.441. The zero-order valence-corrected chi connectivity index (χ0v) is 18.0. The molecule has 1 amide bonds. The van der Waals surface area contributed by atoms with Gasteiger partial charge in [-0.2, -0.15) is 0 Å². The van der Waals surface area contributed by atoms with Gasteiger partial charge in [0, 0.05) is 16.3 Å². The highest BCUT2D eigenvalue weighted by molar-refractivity contribution is 7.98. The van der Waals surface area contributed by atoms with Crippen LogP contribution in [-0.4, -0.2) is 12.0 Å². The minimum absolute atomic E-state index is 0.125. The summed E-state index contributed by atoms with van der Waals surface area (Å²) in [4.78, 5) is 13.9. The van der Waals surface area contributed by atoms with Gasteiger partial charge in [-0.25, -0.2) is 0 Å². The maximum atomic E-state index is 12.7. The molecule has 3 nitrogen and oxygen atoms in total. The number of aryl methyl sites for hydroxylation is 2. The lowest BCUT2D eigenvalue weighted by Gasteiger charge is -2.19. The van der Waals surface area contributed by atoms with Crippen LogP contribution in [0.2, 0.25) is 0 Å². The van der Waals surface area contributed by atoms with Crippen molar-refractivity contribution in [3.8, 4) is 5.75 Å². The monoisotopic (exact) mass is 405 g/mol. The van der Waals surface area contributed by atoms with Gasteiger partial charge in [0.25, 0.3) is 5.91 Å². The molecule has 0 fully saturated rings. The molecule has 150 valence electrons. The first-order chi connectivity index (χ1) is 14.0. The molecule has 3 aromatic carbocycles. The third-order valence-electron chi connectivity index (χ3n) is 4.65. The van der Waals surface area contributed by atoms with Crippen molar-refractivity contribution < 1.29 is 9.53 Å². The van der Waals surface area contributed by atoms with E-state index in [1.807, 2.05) is 69.3 Å². The molecule has 0 heterocycles. The number of benzene rings is 3. The number of carbonyl (C=O) groups is 1. The van der Waals surface area contributed by atoms with Crippen molar-refractivity contribution in [3.05, 3.63) is 89.5 Å². The fourth-order valence-electron chi connectivity index (χ4n) is 2.90. The summed E-state index contributed by atoms with van der Waals surface area (Å²) in [6, 6.07) is 24.4. The summed E-state index contributed by atoms with van der Waals surface area (Å²) in [6.07, 6.45) is 0.0779. The molecule has 1 atom stereocenters. The van der Waals surface area contributed by atoms with Crippen LogP contribution in [0.4, 0.5) is 5.69 Å². The summed E-state index contributed by atoms with van der Waals surface area (Å²) in [7, 11) is 0. The summed E-state index contributed by atoms with van der Waals surface area (Å²) in [5.41, 5.74) is 4.15. The minimum Gasteiger partial charge on any atom is -0.480 e. The van der Waals surface area contributed by atoms with Gasteiger partial charge in [-0.1, -0.05) is 49.4 Å². The fraction of sp³-hybridized carbons (Fsp3) is 0.240.